The molecule has 2 unspecified atom stereocenters. The molecule has 3 N–H and O–H groups in total. The quantitative estimate of drug-likeness (QED) is 0.0234. The summed E-state index contributed by atoms with van der Waals surface area (Å²) in [5.74, 6) is -4.73. The summed E-state index contributed by atoms with van der Waals surface area (Å²) in [6.07, 6.45) is 4.18. The molecule has 0 radical (unpaired) electrons. The molecule has 23 heteroatoms. The fourth-order valence-corrected chi connectivity index (χ4v) is 13.6. The van der Waals surface area contributed by atoms with Crippen LogP contribution < -0.4 is 5.32 Å². The number of anilines is 1. The van der Waals surface area contributed by atoms with Crippen LogP contribution in [0, 0.1) is 6.92 Å². The van der Waals surface area contributed by atoms with Gasteiger partial charge in [-0.05, 0) is 222 Å². The van der Waals surface area contributed by atoms with Gasteiger partial charge in [-0.2, -0.15) is 0 Å². The van der Waals surface area contributed by atoms with E-state index in [1.165, 1.54) is 4.90 Å². The van der Waals surface area contributed by atoms with E-state index in [1.54, 1.807) is 131 Å². The van der Waals surface area contributed by atoms with Gasteiger partial charge in [0.25, 0.3) is 11.8 Å². The average molecular weight is 1450 g/mol. The lowest BCUT2D eigenvalue weighted by Crippen LogP contribution is -2.52. The predicted molar refractivity (Wildman–Crippen MR) is 410 cm³/mol. The fourth-order valence-electron chi connectivity index (χ4n) is 13.6. The van der Waals surface area contributed by atoms with Crippen LogP contribution >= 0.6 is 0 Å². The van der Waals surface area contributed by atoms with E-state index >= 15 is 4.79 Å². The van der Waals surface area contributed by atoms with Gasteiger partial charge in [-0.15, -0.1) is 0 Å². The molecule has 576 valence electrons. The monoisotopic (exact) mass is 1450 g/mol. The van der Waals surface area contributed by atoms with Crippen molar-refractivity contribution in [2.24, 2.45) is 0 Å². The van der Waals surface area contributed by atoms with Crippen molar-refractivity contribution in [3.63, 3.8) is 0 Å². The number of aromatic amines is 2. The van der Waals surface area contributed by atoms with Crippen LogP contribution in [0.1, 0.15) is 275 Å². The first-order valence-corrected chi connectivity index (χ1v) is 37.5. The normalized spacial score (nSPS) is 16.1. The smallest absolute Gasteiger partial charge is 0.320 e. The van der Waals surface area contributed by atoms with Gasteiger partial charge in [0, 0.05) is 85.2 Å². The van der Waals surface area contributed by atoms with Crippen LogP contribution in [0.4, 0.5) is 5.69 Å². The van der Waals surface area contributed by atoms with Gasteiger partial charge in [-0.1, -0.05) is 52.7 Å². The number of H-pyrrole nitrogens is 2. The topological polar surface area (TPSA) is 274 Å². The maximum absolute atomic E-state index is 15.4. The largest absolute Gasteiger partial charge is 0.459 e. The number of hydrogen-bond acceptors (Lipinski definition) is 19. The number of esters is 5. The van der Waals surface area contributed by atoms with E-state index in [1.807, 2.05) is 38.1 Å². The number of rotatable bonds is 31. The highest BCUT2D eigenvalue weighted by atomic mass is 16.6. The predicted octanol–water partition coefficient (Wildman–Crippen LogP) is 14.1. The van der Waals surface area contributed by atoms with Gasteiger partial charge in [0.1, 0.15) is 28.0 Å². The maximum Gasteiger partial charge on any atom is 0.320 e. The summed E-state index contributed by atoms with van der Waals surface area (Å²) in [5, 5.41) is 3.12. The molecule has 0 spiro atoms. The number of ether oxygens (including phenoxy) is 6. The molecule has 4 aliphatic heterocycles. The number of allylic oxidation sites excluding steroid dienone is 3. The van der Waals surface area contributed by atoms with Crippen LogP contribution in [0.3, 0.4) is 0 Å². The molecule has 4 aliphatic rings. The number of amides is 3. The number of aryl methyl sites for hydroxylation is 1. The Morgan fingerprint density at radius 1 is 0.600 bits per heavy atom. The third-order valence-electron chi connectivity index (χ3n) is 18.3. The second-order valence-electron chi connectivity index (χ2n) is 33.3. The Morgan fingerprint density at radius 3 is 1.62 bits per heavy atom. The first-order valence-electron chi connectivity index (χ1n) is 37.5. The zero-order chi connectivity index (χ0) is 78.0. The van der Waals surface area contributed by atoms with Crippen molar-refractivity contribution in [1.82, 2.24) is 39.5 Å². The van der Waals surface area contributed by atoms with Crippen LogP contribution in [0.5, 0.6) is 0 Å². The number of hydrogen-bond donors (Lipinski definition) is 3. The van der Waals surface area contributed by atoms with Gasteiger partial charge in [-0.3, -0.25) is 58.0 Å². The molecule has 8 bridgehead atoms. The van der Waals surface area contributed by atoms with Crippen LogP contribution in [0.2, 0.25) is 0 Å². The van der Waals surface area contributed by atoms with E-state index in [2.05, 4.69) is 62.9 Å². The molecule has 105 heavy (non-hydrogen) atoms. The molecule has 0 saturated carbocycles. The first kappa shape index (κ1) is 84.1. The third kappa shape index (κ3) is 23.9. The fraction of sp³-hybridized carbons (Fsp3) is 0.610. The summed E-state index contributed by atoms with van der Waals surface area (Å²) in [6, 6.07) is 12.6. The molecule has 4 atom stereocenters. The van der Waals surface area contributed by atoms with Gasteiger partial charge in [0.05, 0.1) is 78.2 Å². The molecular weight excluding hydrogens is 1330 g/mol. The summed E-state index contributed by atoms with van der Waals surface area (Å²) in [7, 11) is 0. The summed E-state index contributed by atoms with van der Waals surface area (Å²) in [4.78, 5) is 138. The molecule has 3 aromatic rings. The Morgan fingerprint density at radius 2 is 1.10 bits per heavy atom. The van der Waals surface area contributed by atoms with Crippen molar-refractivity contribution in [3.05, 3.63) is 98.9 Å². The van der Waals surface area contributed by atoms with Crippen molar-refractivity contribution >= 4 is 86.6 Å². The lowest BCUT2D eigenvalue weighted by atomic mass is 9.84. The molecule has 3 amide bonds. The zero-order valence-electron chi connectivity index (χ0n) is 67.0. The number of fused-ring (bicyclic) bond motifs is 8. The van der Waals surface area contributed by atoms with Crippen LogP contribution in [-0.2, 0) is 63.6 Å². The minimum atomic E-state index is -0.889. The van der Waals surface area contributed by atoms with E-state index in [4.69, 9.17) is 38.4 Å². The molecular formula is C82H119N9O14. The molecule has 0 aliphatic carbocycles. The van der Waals surface area contributed by atoms with E-state index in [-0.39, 0.29) is 95.6 Å². The Bertz CT molecular complexity index is 3910. The standard InChI is InChI=1S/C82H119N9O14/c1-24-27-35-91-76(98)72-52(7)62-41-63-57(26-3)49(4)59(84-63)42-64-71(53(8)100-38-28-25-2)51(6)61(85-64)40-60-50(5)58(74(86-60)73(77(91)99)75(72)87-62)33-34-65(92)83-55-31-29-54(30-32-55)39-56(90(47-69(96)104-81(18,19)20)48-70(97)105-82(21,22)23)43-88(44-66(93)101-78(9,10)11)36-37-89(45-67(94)102-79(12,13)14)46-68(95)103-80(15,16)17/h29-32,40-42,50,53,56,58,86-87H,24-28,33-39,43-48H2,1-23H3,(H,83,92)/t50-,53?,56?,58-/m0/s1. The highest BCUT2D eigenvalue weighted by molar-refractivity contribution is 6.23. The minimum absolute atomic E-state index is 0.0328. The second-order valence-corrected chi connectivity index (χ2v) is 33.3. The molecule has 0 fully saturated rings. The van der Waals surface area contributed by atoms with Gasteiger partial charge < -0.3 is 43.7 Å². The maximum atomic E-state index is 15.4. The number of unbranched alkanes of at least 4 members (excludes halogenated alkanes) is 2. The van der Waals surface area contributed by atoms with Crippen molar-refractivity contribution in [2.45, 2.75) is 263 Å². The summed E-state index contributed by atoms with van der Waals surface area (Å²) < 4.78 is 35.5. The number of nitrogens with zero attached hydrogens (tertiary/aromatic N) is 6. The van der Waals surface area contributed by atoms with Gasteiger partial charge in [-0.25, -0.2) is 9.97 Å². The Hall–Kier alpha value is -8.12. The SMILES string of the molecule is CCCCOC(C)C1=C(C)c2cc3[nH]c(c4c5[nH]c(cc6nc(cc1n2)C(C)=C6CC)c(C)c5C(=O)N(CCCC)C4=O)[C@@H](CCC(=O)Nc1ccc(CC(CN(CCN(CC(=O)OC(C)(C)C)CC(=O)OC(C)(C)C)CC(=O)OC(C)(C)C)N(CC(=O)OC(C)(C)C)CC(=O)OC(C)(C)C)cc1)[C@@H]3C. The lowest BCUT2D eigenvalue weighted by molar-refractivity contribution is -0.162. The van der Waals surface area contributed by atoms with E-state index in [0.717, 1.165) is 75.6 Å². The lowest BCUT2D eigenvalue weighted by Gasteiger charge is -2.36. The Labute approximate surface area is 622 Å². The van der Waals surface area contributed by atoms with Gasteiger partial charge in [0.2, 0.25) is 5.91 Å². The summed E-state index contributed by atoms with van der Waals surface area (Å²) in [5.41, 5.74) is 7.89. The number of benzene rings is 1. The van der Waals surface area contributed by atoms with Crippen LogP contribution in [-0.4, -0.2) is 193 Å². The van der Waals surface area contributed by atoms with Crippen LogP contribution in [0.15, 0.2) is 42.5 Å². The van der Waals surface area contributed by atoms with Crippen LogP contribution in [0.25, 0.3) is 33.3 Å². The molecule has 6 heterocycles. The zero-order valence-corrected chi connectivity index (χ0v) is 67.0. The number of aromatic nitrogens is 4. The summed E-state index contributed by atoms with van der Waals surface area (Å²) >= 11 is 0. The molecule has 2 aromatic heterocycles. The summed E-state index contributed by atoms with van der Waals surface area (Å²) in [6.45, 7) is 42.2. The minimum Gasteiger partial charge on any atom is -0.459 e. The highest BCUT2D eigenvalue weighted by Gasteiger charge is 2.41. The second kappa shape index (κ2) is 35.1. The van der Waals surface area contributed by atoms with Gasteiger partial charge in [0.15, 0.2) is 0 Å². The van der Waals surface area contributed by atoms with Gasteiger partial charge >= 0.3 is 29.8 Å². The number of carbonyl (C=O) groups is 8. The highest BCUT2D eigenvalue weighted by Crippen LogP contribution is 2.45. The molecule has 0 saturated heterocycles. The van der Waals surface area contributed by atoms with Crippen molar-refractivity contribution < 1.29 is 66.8 Å². The average Bonchev–Trinajstić information content (AvgIpc) is 1.60. The number of nitrogens with one attached hydrogen (secondary N) is 3. The third-order valence-corrected chi connectivity index (χ3v) is 18.3. The van der Waals surface area contributed by atoms with E-state index in [0.29, 0.717) is 65.0 Å². The van der Waals surface area contributed by atoms with Crippen molar-refractivity contribution in [1.29, 1.82) is 0 Å². The van der Waals surface area contributed by atoms with E-state index < -0.39 is 75.7 Å². The number of carbonyl (C=O) groups excluding carboxylic acids is 8. The Balaban J connectivity index is 1.27. The molecule has 7 rings (SSSR count). The number of imide groups is 1. The molecule has 1 aromatic carbocycles. The molecule has 23 nitrogen and oxygen atoms in total. The Kier molecular flexibility index (Phi) is 28.1. The van der Waals surface area contributed by atoms with Crippen molar-refractivity contribution in [3.8, 4) is 0 Å². The van der Waals surface area contributed by atoms with Crippen molar-refractivity contribution in [2.75, 3.05) is 70.8 Å². The first-order chi connectivity index (χ1) is 48.8. The van der Waals surface area contributed by atoms with E-state index in [9.17, 15) is 33.6 Å².